The van der Waals surface area contributed by atoms with Crippen LogP contribution in [0.2, 0.25) is 0 Å². The molecule has 0 radical (unpaired) electrons. The first-order valence-electron chi connectivity index (χ1n) is 12.5. The Bertz CT molecular complexity index is 1330. The van der Waals surface area contributed by atoms with Crippen LogP contribution in [0.1, 0.15) is 48.1 Å². The van der Waals surface area contributed by atoms with Gasteiger partial charge in [-0.15, -0.1) is 0 Å². The van der Waals surface area contributed by atoms with E-state index in [9.17, 15) is 4.79 Å². The fourth-order valence-corrected chi connectivity index (χ4v) is 5.44. The molecule has 1 N–H and O–H groups in total. The smallest absolute Gasteiger partial charge is 0.223 e. The van der Waals surface area contributed by atoms with Crippen molar-refractivity contribution in [2.75, 3.05) is 18.6 Å². The average molecular weight is 483 g/mol. The first-order chi connectivity index (χ1) is 17.2. The van der Waals surface area contributed by atoms with Crippen molar-refractivity contribution in [1.29, 1.82) is 0 Å². The number of nitrogens with zero attached hydrogens (tertiary/aromatic N) is 1. The molecule has 3 aromatic carbocycles. The Morgan fingerprint density at radius 1 is 0.972 bits per heavy atom. The largest absolute Gasteiger partial charge is 0.493 e. The standard InChI is InChI=1S/C31H34N2O3/c1-21-6-9-24(10-7-21)20-36-27-13-11-23(19-28(27)35-5)14-16-31-30(3,4)25-18-22(2)8-12-26(25)33(31)17-15-29(34)32-31/h6-14,16,18-19H,15,17,20H2,1-5H3,(H,32,34)/b16-14+/t31-/m1/s1. The molecular weight excluding hydrogens is 448 g/mol. The van der Waals surface area contributed by atoms with Crippen LogP contribution in [0, 0.1) is 13.8 Å². The van der Waals surface area contributed by atoms with E-state index in [1.807, 2.05) is 18.2 Å². The predicted octanol–water partition coefficient (Wildman–Crippen LogP) is 5.92. The van der Waals surface area contributed by atoms with E-state index in [2.05, 4.69) is 92.5 Å². The van der Waals surface area contributed by atoms with E-state index in [1.165, 1.54) is 22.4 Å². The minimum Gasteiger partial charge on any atom is -0.493 e. The van der Waals surface area contributed by atoms with Crippen LogP contribution < -0.4 is 19.7 Å². The van der Waals surface area contributed by atoms with Crippen molar-refractivity contribution in [2.24, 2.45) is 0 Å². The summed E-state index contributed by atoms with van der Waals surface area (Å²) < 4.78 is 11.7. The number of carbonyl (C=O) groups excluding carboxylic acids is 1. The Balaban J connectivity index is 1.44. The zero-order chi connectivity index (χ0) is 25.5. The second-order valence-electron chi connectivity index (χ2n) is 10.4. The lowest BCUT2D eigenvalue weighted by Gasteiger charge is -2.49. The van der Waals surface area contributed by atoms with E-state index < -0.39 is 5.66 Å². The lowest BCUT2D eigenvalue weighted by atomic mass is 9.74. The topological polar surface area (TPSA) is 50.8 Å². The van der Waals surface area contributed by atoms with Gasteiger partial charge in [0.1, 0.15) is 12.3 Å². The molecule has 0 bridgehead atoms. The Kier molecular flexibility index (Phi) is 6.03. The van der Waals surface area contributed by atoms with Crippen molar-refractivity contribution in [3.63, 3.8) is 0 Å². The molecule has 0 unspecified atom stereocenters. The number of hydrogen-bond acceptors (Lipinski definition) is 4. The summed E-state index contributed by atoms with van der Waals surface area (Å²) in [5.41, 5.74) is 6.01. The Morgan fingerprint density at radius 2 is 1.72 bits per heavy atom. The van der Waals surface area contributed by atoms with Crippen LogP contribution in [0.5, 0.6) is 11.5 Å². The second-order valence-corrected chi connectivity index (χ2v) is 10.4. The summed E-state index contributed by atoms with van der Waals surface area (Å²) in [6.45, 7) is 9.77. The highest BCUT2D eigenvalue weighted by molar-refractivity contribution is 5.84. The maximum absolute atomic E-state index is 12.7. The van der Waals surface area contributed by atoms with Crippen molar-refractivity contribution in [3.8, 4) is 11.5 Å². The monoisotopic (exact) mass is 482 g/mol. The molecule has 0 aliphatic carbocycles. The quantitative estimate of drug-likeness (QED) is 0.474. The van der Waals surface area contributed by atoms with Gasteiger partial charge in [-0.05, 0) is 54.8 Å². The number of fused-ring (bicyclic) bond motifs is 3. The third-order valence-corrected chi connectivity index (χ3v) is 7.61. The third-order valence-electron chi connectivity index (χ3n) is 7.61. The van der Waals surface area contributed by atoms with Crippen molar-refractivity contribution in [2.45, 2.75) is 51.8 Å². The number of ether oxygens (including phenoxy) is 2. The van der Waals surface area contributed by atoms with Crippen LogP contribution >= 0.6 is 0 Å². The van der Waals surface area contributed by atoms with Gasteiger partial charge in [0.2, 0.25) is 5.91 Å². The highest BCUT2D eigenvalue weighted by atomic mass is 16.5. The maximum atomic E-state index is 12.7. The summed E-state index contributed by atoms with van der Waals surface area (Å²) in [6, 6.07) is 20.8. The molecule has 1 atom stereocenters. The molecule has 5 rings (SSSR count). The number of carbonyl (C=O) groups is 1. The molecule has 2 aliphatic heterocycles. The summed E-state index contributed by atoms with van der Waals surface area (Å²) in [5.74, 6) is 1.45. The lowest BCUT2D eigenvalue weighted by molar-refractivity contribution is -0.124. The van der Waals surface area contributed by atoms with E-state index in [-0.39, 0.29) is 11.3 Å². The van der Waals surface area contributed by atoms with Gasteiger partial charge in [-0.1, -0.05) is 73.5 Å². The van der Waals surface area contributed by atoms with Crippen LogP contribution in [0.25, 0.3) is 6.08 Å². The first-order valence-corrected chi connectivity index (χ1v) is 12.5. The number of methoxy groups -OCH3 is 1. The van der Waals surface area contributed by atoms with Gasteiger partial charge >= 0.3 is 0 Å². The number of amides is 1. The van der Waals surface area contributed by atoms with Crippen LogP contribution in [-0.2, 0) is 16.8 Å². The van der Waals surface area contributed by atoms with Gasteiger partial charge in [0, 0.05) is 24.1 Å². The van der Waals surface area contributed by atoms with Gasteiger partial charge in [-0.3, -0.25) is 4.79 Å². The van der Waals surface area contributed by atoms with Gasteiger partial charge in [-0.2, -0.15) is 0 Å². The summed E-state index contributed by atoms with van der Waals surface area (Å²) >= 11 is 0. The average Bonchev–Trinajstić information content (AvgIpc) is 3.05. The SMILES string of the molecule is COc1cc(/C=C/[C@@]23NC(=O)CCN2c2ccc(C)cc2C3(C)C)ccc1OCc1ccc(C)cc1. The molecule has 186 valence electrons. The number of benzene rings is 3. The fraction of sp³-hybridized carbons (Fsp3) is 0.323. The molecule has 3 aromatic rings. The van der Waals surface area contributed by atoms with Gasteiger partial charge in [-0.25, -0.2) is 0 Å². The predicted molar refractivity (Wildman–Crippen MR) is 145 cm³/mol. The normalized spacial score (nSPS) is 20.1. The van der Waals surface area contributed by atoms with Gasteiger partial charge in [0.25, 0.3) is 0 Å². The molecule has 1 amide bonds. The number of nitrogens with one attached hydrogen (secondary N) is 1. The molecule has 1 fully saturated rings. The van der Waals surface area contributed by atoms with Crippen molar-refractivity contribution < 1.29 is 14.3 Å². The van der Waals surface area contributed by atoms with E-state index in [0.29, 0.717) is 31.1 Å². The zero-order valence-corrected chi connectivity index (χ0v) is 21.7. The molecule has 2 aliphatic rings. The van der Waals surface area contributed by atoms with Crippen LogP contribution in [0.4, 0.5) is 5.69 Å². The summed E-state index contributed by atoms with van der Waals surface area (Å²) in [5, 5.41) is 3.35. The molecule has 5 heteroatoms. The van der Waals surface area contributed by atoms with E-state index >= 15 is 0 Å². The highest BCUT2D eigenvalue weighted by Gasteiger charge is 2.57. The van der Waals surface area contributed by atoms with Crippen molar-refractivity contribution in [1.82, 2.24) is 5.32 Å². The third kappa shape index (κ3) is 4.02. The van der Waals surface area contributed by atoms with Gasteiger partial charge in [0.15, 0.2) is 11.5 Å². The number of rotatable bonds is 6. The van der Waals surface area contributed by atoms with Gasteiger partial charge < -0.3 is 19.7 Å². The van der Waals surface area contributed by atoms with Crippen LogP contribution in [0.15, 0.2) is 66.7 Å². The Hall–Kier alpha value is -3.73. The van der Waals surface area contributed by atoms with Crippen molar-refractivity contribution in [3.05, 3.63) is 94.6 Å². The van der Waals surface area contributed by atoms with E-state index in [1.54, 1.807) is 7.11 Å². The number of aryl methyl sites for hydroxylation is 2. The van der Waals surface area contributed by atoms with E-state index in [0.717, 1.165) is 11.1 Å². The number of anilines is 1. The minimum atomic E-state index is -0.647. The first kappa shape index (κ1) is 24.0. The fourth-order valence-electron chi connectivity index (χ4n) is 5.44. The summed E-state index contributed by atoms with van der Waals surface area (Å²) in [7, 11) is 1.66. The summed E-state index contributed by atoms with van der Waals surface area (Å²) in [6.07, 6.45) is 4.70. The Labute approximate surface area is 213 Å². The van der Waals surface area contributed by atoms with Gasteiger partial charge in [0.05, 0.1) is 7.11 Å². The molecule has 5 nitrogen and oxygen atoms in total. The number of hydrogen-bond donors (Lipinski definition) is 1. The molecule has 36 heavy (non-hydrogen) atoms. The van der Waals surface area contributed by atoms with Crippen molar-refractivity contribution >= 4 is 17.7 Å². The molecular formula is C31H34N2O3. The zero-order valence-electron chi connectivity index (χ0n) is 21.7. The highest BCUT2D eigenvalue weighted by Crippen LogP contribution is 2.52. The van der Waals surface area contributed by atoms with Crippen LogP contribution in [-0.4, -0.2) is 25.2 Å². The van der Waals surface area contributed by atoms with Crippen LogP contribution in [0.3, 0.4) is 0 Å². The second kappa shape index (κ2) is 9.05. The minimum absolute atomic E-state index is 0.0749. The molecule has 0 aromatic heterocycles. The molecule has 2 heterocycles. The molecule has 0 spiro atoms. The molecule has 0 saturated carbocycles. The molecule has 1 saturated heterocycles. The van der Waals surface area contributed by atoms with E-state index in [4.69, 9.17) is 9.47 Å². The maximum Gasteiger partial charge on any atom is 0.223 e. The Morgan fingerprint density at radius 3 is 2.47 bits per heavy atom. The summed E-state index contributed by atoms with van der Waals surface area (Å²) in [4.78, 5) is 15.0. The lowest BCUT2D eigenvalue weighted by Crippen LogP contribution is -2.68.